The lowest BCUT2D eigenvalue weighted by Crippen LogP contribution is -2.27. The Morgan fingerprint density at radius 3 is 2.50 bits per heavy atom. The molecule has 3 aromatic rings. The highest BCUT2D eigenvalue weighted by atomic mass is 16.5. The normalized spacial score (nSPS) is 12.4. The molecule has 3 rings (SSSR count). The molecule has 0 aliphatic carbocycles. The molecule has 2 aromatic carbocycles. The van der Waals surface area contributed by atoms with E-state index in [1.165, 1.54) is 13.0 Å². The maximum atomic E-state index is 12.6. The van der Waals surface area contributed by atoms with Crippen LogP contribution in [0.3, 0.4) is 0 Å². The van der Waals surface area contributed by atoms with Crippen LogP contribution < -0.4 is 10.9 Å². The van der Waals surface area contributed by atoms with Gasteiger partial charge in [-0.05, 0) is 30.7 Å². The van der Waals surface area contributed by atoms with E-state index in [0.717, 1.165) is 5.56 Å². The summed E-state index contributed by atoms with van der Waals surface area (Å²) < 4.78 is 5.42. The summed E-state index contributed by atoms with van der Waals surface area (Å²) in [5, 5.41) is 2.93. The van der Waals surface area contributed by atoms with Gasteiger partial charge in [-0.3, -0.25) is 9.59 Å². The van der Waals surface area contributed by atoms with E-state index in [-0.39, 0.29) is 17.1 Å². The lowest BCUT2D eigenvalue weighted by atomic mass is 10.2. The monoisotopic (exact) mass is 377 g/mol. The maximum Gasteiger partial charge on any atom is 0.355 e. The highest BCUT2D eigenvalue weighted by molar-refractivity contribution is 5.97. The number of carbonyl (C=O) groups excluding carboxylic acids is 2. The Bertz CT molecular complexity index is 1100. The largest absolute Gasteiger partial charge is 0.450 e. The average Bonchev–Trinajstić information content (AvgIpc) is 2.68. The van der Waals surface area contributed by atoms with Gasteiger partial charge in [0.25, 0.3) is 5.56 Å². The molecule has 0 fully saturated rings. The van der Waals surface area contributed by atoms with Gasteiger partial charge in [0.2, 0.25) is 5.91 Å². The van der Waals surface area contributed by atoms with Crippen molar-refractivity contribution in [1.29, 1.82) is 0 Å². The molecule has 7 heteroatoms. The second kappa shape index (κ2) is 8.30. The number of nitrogens with one attached hydrogen (secondary N) is 2. The molecule has 0 aliphatic rings. The molecular formula is C21H19N3O4. The zero-order valence-electron chi connectivity index (χ0n) is 15.4. The van der Waals surface area contributed by atoms with Crippen molar-refractivity contribution < 1.29 is 14.3 Å². The molecule has 28 heavy (non-hydrogen) atoms. The Balaban J connectivity index is 1.86. The minimum Gasteiger partial charge on any atom is -0.450 e. The number of benzene rings is 2. The molecule has 1 atom stereocenters. The lowest BCUT2D eigenvalue weighted by Gasteiger charge is -2.15. The first-order chi connectivity index (χ1) is 13.4. The van der Waals surface area contributed by atoms with Crippen molar-refractivity contribution in [2.24, 2.45) is 0 Å². The minimum atomic E-state index is -0.822. The smallest absolute Gasteiger partial charge is 0.355 e. The van der Waals surface area contributed by atoms with Gasteiger partial charge in [0.05, 0.1) is 10.9 Å². The van der Waals surface area contributed by atoms with Crippen LogP contribution in [-0.4, -0.2) is 21.8 Å². The summed E-state index contributed by atoms with van der Waals surface area (Å²) >= 11 is 0. The van der Waals surface area contributed by atoms with Crippen molar-refractivity contribution in [1.82, 2.24) is 15.3 Å². The zero-order chi connectivity index (χ0) is 20.1. The van der Waals surface area contributed by atoms with E-state index < -0.39 is 18.0 Å². The summed E-state index contributed by atoms with van der Waals surface area (Å²) in [6, 6.07) is 16.0. The summed E-state index contributed by atoms with van der Waals surface area (Å²) in [5.74, 6) is -0.912. The van der Waals surface area contributed by atoms with E-state index >= 15 is 0 Å². The van der Waals surface area contributed by atoms with Crippen LogP contribution in [0.2, 0.25) is 0 Å². The lowest BCUT2D eigenvalue weighted by molar-refractivity contribution is -0.145. The standard InChI is InChI=1S/C21H19N3O4/c1-13(19-23-17-11-7-6-10-16(17)20(26)24-19)28-21(27)18(22-14(2)25)12-15-8-4-3-5-9-15/h3-13H,1-2H3,(H,22,25)(H,23,24,26)/b18-12-/t13-/m1/s1. The molecule has 2 N–H and O–H groups in total. The zero-order valence-corrected chi connectivity index (χ0v) is 15.4. The summed E-state index contributed by atoms with van der Waals surface area (Å²) in [5.41, 5.74) is 0.915. The van der Waals surface area contributed by atoms with Crippen LogP contribution in [0.15, 0.2) is 65.1 Å². The van der Waals surface area contributed by atoms with Crippen LogP contribution in [0.5, 0.6) is 0 Å². The molecule has 1 amide bonds. The molecule has 1 heterocycles. The number of rotatable bonds is 5. The molecule has 0 aliphatic heterocycles. The van der Waals surface area contributed by atoms with Gasteiger partial charge in [0, 0.05) is 6.92 Å². The van der Waals surface area contributed by atoms with E-state index in [1.54, 1.807) is 43.3 Å². The third-order valence-corrected chi connectivity index (χ3v) is 3.94. The molecule has 0 radical (unpaired) electrons. The maximum absolute atomic E-state index is 12.6. The number of amides is 1. The molecular weight excluding hydrogens is 358 g/mol. The summed E-state index contributed by atoms with van der Waals surface area (Å²) in [6.45, 7) is 2.90. The summed E-state index contributed by atoms with van der Waals surface area (Å²) in [4.78, 5) is 43.3. The Morgan fingerprint density at radius 1 is 1.11 bits per heavy atom. The van der Waals surface area contributed by atoms with Crippen molar-refractivity contribution >= 4 is 28.9 Å². The number of nitrogens with zero attached hydrogens (tertiary/aromatic N) is 1. The van der Waals surface area contributed by atoms with Gasteiger partial charge >= 0.3 is 5.97 Å². The number of carbonyl (C=O) groups is 2. The first-order valence-corrected chi connectivity index (χ1v) is 8.68. The molecule has 0 unspecified atom stereocenters. The third kappa shape index (κ3) is 4.50. The summed E-state index contributed by atoms with van der Waals surface area (Å²) in [6.07, 6.45) is 0.699. The Kier molecular flexibility index (Phi) is 5.64. The van der Waals surface area contributed by atoms with Crippen LogP contribution in [0, 0.1) is 0 Å². The second-order valence-corrected chi connectivity index (χ2v) is 6.17. The van der Waals surface area contributed by atoms with Crippen LogP contribution in [0.25, 0.3) is 17.0 Å². The number of H-pyrrole nitrogens is 1. The minimum absolute atomic E-state index is 0.00585. The van der Waals surface area contributed by atoms with Crippen LogP contribution in [0.4, 0.5) is 0 Å². The summed E-state index contributed by atoms with van der Waals surface area (Å²) in [7, 11) is 0. The van der Waals surface area contributed by atoms with Gasteiger partial charge in [0.15, 0.2) is 11.9 Å². The van der Waals surface area contributed by atoms with Gasteiger partial charge in [-0.15, -0.1) is 0 Å². The van der Waals surface area contributed by atoms with Gasteiger partial charge < -0.3 is 15.0 Å². The van der Waals surface area contributed by atoms with Crippen molar-refractivity contribution in [3.8, 4) is 0 Å². The van der Waals surface area contributed by atoms with Gasteiger partial charge in [-0.2, -0.15) is 0 Å². The van der Waals surface area contributed by atoms with Crippen molar-refractivity contribution in [3.05, 3.63) is 82.0 Å². The molecule has 7 nitrogen and oxygen atoms in total. The fourth-order valence-corrected chi connectivity index (χ4v) is 2.63. The Labute approximate surface area is 161 Å². The number of fused-ring (bicyclic) bond motifs is 1. The van der Waals surface area contributed by atoms with Crippen molar-refractivity contribution in [2.75, 3.05) is 0 Å². The number of ether oxygens (including phenoxy) is 1. The Hall–Kier alpha value is -3.74. The number of aromatic nitrogens is 2. The van der Waals surface area contributed by atoms with Gasteiger partial charge in [-0.25, -0.2) is 9.78 Å². The van der Waals surface area contributed by atoms with Gasteiger partial charge in [0.1, 0.15) is 5.70 Å². The molecule has 142 valence electrons. The number of para-hydroxylation sites is 1. The SMILES string of the molecule is CC(=O)N/C(=C\c1ccccc1)C(=O)O[C@H](C)c1nc2ccccc2c(=O)[nH]1. The first-order valence-electron chi connectivity index (χ1n) is 8.68. The topological polar surface area (TPSA) is 101 Å². The number of hydrogen-bond donors (Lipinski definition) is 2. The number of aromatic amines is 1. The second-order valence-electron chi connectivity index (χ2n) is 6.17. The quantitative estimate of drug-likeness (QED) is 0.526. The van der Waals surface area contributed by atoms with Crippen LogP contribution in [-0.2, 0) is 14.3 Å². The van der Waals surface area contributed by atoms with Crippen molar-refractivity contribution in [2.45, 2.75) is 20.0 Å². The predicted octanol–water partition coefficient (Wildman–Crippen LogP) is 2.70. The highest BCUT2D eigenvalue weighted by Crippen LogP contribution is 2.16. The third-order valence-electron chi connectivity index (χ3n) is 3.94. The highest BCUT2D eigenvalue weighted by Gasteiger charge is 2.19. The number of hydrogen-bond acceptors (Lipinski definition) is 5. The number of esters is 1. The van der Waals surface area contributed by atoms with E-state index in [0.29, 0.717) is 10.9 Å². The van der Waals surface area contributed by atoms with Crippen LogP contribution in [0.1, 0.15) is 31.3 Å². The molecule has 0 bridgehead atoms. The Morgan fingerprint density at radius 2 is 1.79 bits per heavy atom. The molecule has 0 saturated heterocycles. The first kappa shape index (κ1) is 19.0. The molecule has 0 spiro atoms. The van der Waals surface area contributed by atoms with E-state index in [9.17, 15) is 14.4 Å². The van der Waals surface area contributed by atoms with E-state index in [4.69, 9.17) is 4.74 Å². The van der Waals surface area contributed by atoms with Gasteiger partial charge in [-0.1, -0.05) is 42.5 Å². The average molecular weight is 377 g/mol. The fraction of sp³-hybridized carbons (Fsp3) is 0.143. The van der Waals surface area contributed by atoms with Crippen LogP contribution >= 0.6 is 0 Å². The molecule has 0 saturated carbocycles. The molecule has 1 aromatic heterocycles. The fourth-order valence-electron chi connectivity index (χ4n) is 2.63. The van der Waals surface area contributed by atoms with Crippen molar-refractivity contribution in [3.63, 3.8) is 0 Å². The van der Waals surface area contributed by atoms with E-state index in [1.807, 2.05) is 18.2 Å². The van der Waals surface area contributed by atoms with E-state index in [2.05, 4.69) is 15.3 Å². The predicted molar refractivity (Wildman–Crippen MR) is 105 cm³/mol.